The molecule has 4 nitrogen and oxygen atoms in total. The van der Waals surface area contributed by atoms with Gasteiger partial charge in [-0.05, 0) is 30.7 Å². The van der Waals surface area contributed by atoms with Crippen molar-refractivity contribution in [3.8, 4) is 0 Å². The molecule has 1 aromatic carbocycles. The molecular formula is C13H20ClNO3. The fraction of sp³-hybridized carbons (Fsp3) is 0.538. The quantitative estimate of drug-likeness (QED) is 0.595. The van der Waals surface area contributed by atoms with Crippen molar-refractivity contribution in [2.75, 3.05) is 32.9 Å². The number of aliphatic hydroxyl groups is 2. The zero-order valence-corrected chi connectivity index (χ0v) is 11.1. The minimum absolute atomic E-state index is 0.0582. The largest absolute Gasteiger partial charge is 0.394 e. The van der Waals surface area contributed by atoms with Gasteiger partial charge in [0.2, 0.25) is 0 Å². The number of nitrogens with one attached hydrogen (secondary N) is 1. The topological polar surface area (TPSA) is 61.7 Å². The summed E-state index contributed by atoms with van der Waals surface area (Å²) in [5.41, 5.74) is 0.850. The van der Waals surface area contributed by atoms with E-state index < -0.39 is 6.10 Å². The van der Waals surface area contributed by atoms with Gasteiger partial charge in [0.05, 0.1) is 19.3 Å². The summed E-state index contributed by atoms with van der Waals surface area (Å²) < 4.78 is 5.12. The Morgan fingerprint density at radius 1 is 1.22 bits per heavy atom. The highest BCUT2D eigenvalue weighted by atomic mass is 35.5. The summed E-state index contributed by atoms with van der Waals surface area (Å²) in [7, 11) is 0. The highest BCUT2D eigenvalue weighted by Gasteiger charge is 2.06. The minimum atomic E-state index is -0.527. The van der Waals surface area contributed by atoms with Crippen LogP contribution in [0, 0.1) is 0 Å². The molecule has 5 heteroatoms. The Hall–Kier alpha value is -0.650. The SMILES string of the molecule is OCCOCCCNCC(O)c1ccc(Cl)cc1. The highest BCUT2D eigenvalue weighted by Crippen LogP contribution is 2.15. The van der Waals surface area contributed by atoms with E-state index in [0.29, 0.717) is 24.8 Å². The zero-order valence-electron chi connectivity index (χ0n) is 10.3. The molecule has 0 saturated carbocycles. The number of hydrogen-bond acceptors (Lipinski definition) is 4. The van der Waals surface area contributed by atoms with Crippen LogP contribution in [-0.2, 0) is 4.74 Å². The number of halogens is 1. The minimum Gasteiger partial charge on any atom is -0.394 e. The summed E-state index contributed by atoms with van der Waals surface area (Å²) in [4.78, 5) is 0. The van der Waals surface area contributed by atoms with Crippen LogP contribution in [0.3, 0.4) is 0 Å². The van der Waals surface area contributed by atoms with Crippen LogP contribution in [-0.4, -0.2) is 43.1 Å². The van der Waals surface area contributed by atoms with E-state index in [2.05, 4.69) is 5.32 Å². The molecule has 0 spiro atoms. The second-order valence-electron chi connectivity index (χ2n) is 3.96. The molecule has 0 fully saturated rings. The van der Waals surface area contributed by atoms with E-state index in [9.17, 15) is 5.11 Å². The van der Waals surface area contributed by atoms with Crippen molar-refractivity contribution < 1.29 is 14.9 Å². The first-order chi connectivity index (χ1) is 8.74. The summed E-state index contributed by atoms with van der Waals surface area (Å²) in [6.45, 7) is 2.33. The molecule has 0 bridgehead atoms. The number of rotatable bonds is 9. The van der Waals surface area contributed by atoms with Gasteiger partial charge < -0.3 is 20.3 Å². The summed E-state index contributed by atoms with van der Waals surface area (Å²) in [6.07, 6.45) is 0.327. The van der Waals surface area contributed by atoms with Crippen LogP contribution < -0.4 is 5.32 Å². The van der Waals surface area contributed by atoms with Crippen molar-refractivity contribution in [1.82, 2.24) is 5.32 Å². The van der Waals surface area contributed by atoms with E-state index in [4.69, 9.17) is 21.4 Å². The Morgan fingerprint density at radius 3 is 2.61 bits per heavy atom. The van der Waals surface area contributed by atoms with Crippen LogP contribution in [0.5, 0.6) is 0 Å². The van der Waals surface area contributed by atoms with Crippen molar-refractivity contribution in [3.63, 3.8) is 0 Å². The summed E-state index contributed by atoms with van der Waals surface area (Å²) in [6, 6.07) is 7.17. The fourth-order valence-electron chi connectivity index (χ4n) is 1.51. The lowest BCUT2D eigenvalue weighted by atomic mass is 10.1. The standard InChI is InChI=1S/C13H20ClNO3/c14-12-4-2-11(3-5-12)13(17)10-15-6-1-8-18-9-7-16/h2-5,13,15-17H,1,6-10H2. The van der Waals surface area contributed by atoms with Gasteiger partial charge in [0.15, 0.2) is 0 Å². The van der Waals surface area contributed by atoms with Crippen LogP contribution in [0.1, 0.15) is 18.1 Å². The average Bonchev–Trinajstić information content (AvgIpc) is 2.38. The molecule has 0 radical (unpaired) electrons. The molecule has 1 aromatic rings. The molecule has 1 unspecified atom stereocenters. The molecule has 18 heavy (non-hydrogen) atoms. The third-order valence-electron chi connectivity index (χ3n) is 2.47. The summed E-state index contributed by atoms with van der Waals surface area (Å²) in [5.74, 6) is 0. The molecule has 0 aliphatic heterocycles. The maximum Gasteiger partial charge on any atom is 0.0914 e. The van der Waals surface area contributed by atoms with Crippen molar-refractivity contribution >= 4 is 11.6 Å². The molecule has 102 valence electrons. The van der Waals surface area contributed by atoms with Gasteiger partial charge in [-0.15, -0.1) is 0 Å². The predicted molar refractivity (Wildman–Crippen MR) is 71.8 cm³/mol. The fourth-order valence-corrected chi connectivity index (χ4v) is 1.63. The van der Waals surface area contributed by atoms with Crippen LogP contribution in [0.25, 0.3) is 0 Å². The van der Waals surface area contributed by atoms with Gasteiger partial charge in [-0.1, -0.05) is 23.7 Å². The van der Waals surface area contributed by atoms with E-state index >= 15 is 0 Å². The van der Waals surface area contributed by atoms with Crippen LogP contribution in [0.2, 0.25) is 5.02 Å². The summed E-state index contributed by atoms with van der Waals surface area (Å²) >= 11 is 5.77. The van der Waals surface area contributed by atoms with Gasteiger partial charge in [0, 0.05) is 18.2 Å². The maximum atomic E-state index is 9.88. The molecule has 0 heterocycles. The van der Waals surface area contributed by atoms with Crippen LogP contribution in [0.4, 0.5) is 0 Å². The van der Waals surface area contributed by atoms with Crippen molar-refractivity contribution in [1.29, 1.82) is 0 Å². The van der Waals surface area contributed by atoms with Gasteiger partial charge in [0.25, 0.3) is 0 Å². The van der Waals surface area contributed by atoms with E-state index in [0.717, 1.165) is 18.5 Å². The molecule has 1 atom stereocenters. The van der Waals surface area contributed by atoms with E-state index in [1.54, 1.807) is 12.1 Å². The molecule has 0 saturated heterocycles. The molecule has 0 aromatic heterocycles. The molecule has 0 amide bonds. The molecule has 1 rings (SSSR count). The lowest BCUT2D eigenvalue weighted by molar-refractivity contribution is 0.0899. The normalized spacial score (nSPS) is 12.6. The molecule has 0 aliphatic carbocycles. The molecule has 3 N–H and O–H groups in total. The van der Waals surface area contributed by atoms with E-state index in [1.165, 1.54) is 0 Å². The van der Waals surface area contributed by atoms with Crippen LogP contribution >= 0.6 is 11.6 Å². The smallest absolute Gasteiger partial charge is 0.0914 e. The third kappa shape index (κ3) is 6.33. The number of ether oxygens (including phenoxy) is 1. The lowest BCUT2D eigenvalue weighted by Crippen LogP contribution is -2.23. The van der Waals surface area contributed by atoms with Gasteiger partial charge >= 0.3 is 0 Å². The highest BCUT2D eigenvalue weighted by molar-refractivity contribution is 6.30. The van der Waals surface area contributed by atoms with E-state index in [-0.39, 0.29) is 6.61 Å². The molecule has 0 aliphatic rings. The lowest BCUT2D eigenvalue weighted by Gasteiger charge is -2.12. The van der Waals surface area contributed by atoms with Gasteiger partial charge in [-0.2, -0.15) is 0 Å². The monoisotopic (exact) mass is 273 g/mol. The first-order valence-corrected chi connectivity index (χ1v) is 6.44. The number of hydrogen-bond donors (Lipinski definition) is 3. The van der Waals surface area contributed by atoms with Crippen molar-refractivity contribution in [3.05, 3.63) is 34.9 Å². The van der Waals surface area contributed by atoms with Gasteiger partial charge in [-0.3, -0.25) is 0 Å². The number of aliphatic hydroxyl groups excluding tert-OH is 2. The predicted octanol–water partition coefficient (Wildman–Crippen LogP) is 1.36. The van der Waals surface area contributed by atoms with Gasteiger partial charge in [-0.25, -0.2) is 0 Å². The Labute approximate surface area is 113 Å². The Bertz CT molecular complexity index is 319. The second-order valence-corrected chi connectivity index (χ2v) is 4.40. The van der Waals surface area contributed by atoms with Gasteiger partial charge in [0.1, 0.15) is 0 Å². The zero-order chi connectivity index (χ0) is 13.2. The first-order valence-electron chi connectivity index (χ1n) is 6.07. The Balaban J connectivity index is 2.10. The molecular weight excluding hydrogens is 254 g/mol. The van der Waals surface area contributed by atoms with Crippen LogP contribution in [0.15, 0.2) is 24.3 Å². The van der Waals surface area contributed by atoms with Crippen molar-refractivity contribution in [2.45, 2.75) is 12.5 Å². The average molecular weight is 274 g/mol. The first kappa shape index (κ1) is 15.4. The number of benzene rings is 1. The second kappa shape index (κ2) is 9.30. The Kier molecular flexibility index (Phi) is 7.96. The third-order valence-corrected chi connectivity index (χ3v) is 2.72. The summed E-state index contributed by atoms with van der Waals surface area (Å²) in [5, 5.41) is 22.2. The van der Waals surface area contributed by atoms with E-state index in [1.807, 2.05) is 12.1 Å². The van der Waals surface area contributed by atoms with Crippen molar-refractivity contribution in [2.24, 2.45) is 0 Å². The maximum absolute atomic E-state index is 9.88. The Morgan fingerprint density at radius 2 is 1.94 bits per heavy atom.